The third-order valence-electron chi connectivity index (χ3n) is 7.42. The average molecular weight is 600 g/mol. The highest BCUT2D eigenvalue weighted by Gasteiger charge is 2.15. The number of thiophene rings is 1. The second kappa shape index (κ2) is 14.3. The smallest absolute Gasteiger partial charge is 0.0701 e. The summed E-state index contributed by atoms with van der Waals surface area (Å²) in [4.78, 5) is 8.48. The molecule has 45 heavy (non-hydrogen) atoms. The standard InChI is InChI=1S/C41H33N3S/c1-3-4-5-9-17-28-43-37(20-11-8-6-7-10-16-27-42-2)31-23-25-32(26-24-31)44-38-21-14-12-18-33(38)35-29-36-34-19-13-15-22-40(34)45-41(36)30-39(35)44/h3-30H,2H2,1H3/b4-3+,8-6+,9-5-,10-7-,20-11+,27-16-,28-17-,43-37-. The van der Waals surface area contributed by atoms with Gasteiger partial charge in [-0.25, -0.2) is 0 Å². The first-order valence-corrected chi connectivity index (χ1v) is 15.7. The molecule has 0 aliphatic heterocycles. The molecule has 4 heteroatoms. The minimum atomic E-state index is 0.871. The van der Waals surface area contributed by atoms with Crippen molar-refractivity contribution in [3.63, 3.8) is 0 Å². The number of aliphatic imine (C=N–C) groups is 2. The van der Waals surface area contributed by atoms with Crippen LogP contribution in [-0.4, -0.2) is 17.0 Å². The highest BCUT2D eigenvalue weighted by molar-refractivity contribution is 7.25. The molecule has 4 aromatic carbocycles. The lowest BCUT2D eigenvalue weighted by Gasteiger charge is -2.09. The summed E-state index contributed by atoms with van der Waals surface area (Å²) in [5, 5.41) is 5.16. The molecular weight excluding hydrogens is 567 g/mol. The maximum absolute atomic E-state index is 4.78. The number of nitrogens with zero attached hydrogens (tertiary/aromatic N) is 3. The van der Waals surface area contributed by atoms with Crippen molar-refractivity contribution in [2.75, 3.05) is 0 Å². The molecule has 218 valence electrons. The summed E-state index contributed by atoms with van der Waals surface area (Å²) in [7, 11) is 0. The lowest BCUT2D eigenvalue weighted by atomic mass is 10.1. The second-order valence-electron chi connectivity index (χ2n) is 10.3. The topological polar surface area (TPSA) is 29.6 Å². The third kappa shape index (κ3) is 6.52. The highest BCUT2D eigenvalue weighted by Crippen LogP contribution is 2.40. The zero-order valence-corrected chi connectivity index (χ0v) is 25.9. The number of fused-ring (bicyclic) bond motifs is 6. The highest BCUT2D eigenvalue weighted by atomic mass is 32.1. The Kier molecular flexibility index (Phi) is 9.35. The first kappa shape index (κ1) is 29.5. The average Bonchev–Trinajstić information content (AvgIpc) is 3.60. The summed E-state index contributed by atoms with van der Waals surface area (Å²) in [5.74, 6) is 0. The number of benzene rings is 4. The first-order chi connectivity index (χ1) is 22.3. The van der Waals surface area contributed by atoms with Gasteiger partial charge in [0, 0.05) is 54.6 Å². The zero-order chi connectivity index (χ0) is 30.8. The Morgan fingerprint density at radius 1 is 0.622 bits per heavy atom. The van der Waals surface area contributed by atoms with Crippen molar-refractivity contribution >= 4 is 65.7 Å². The van der Waals surface area contributed by atoms with E-state index in [4.69, 9.17) is 4.99 Å². The van der Waals surface area contributed by atoms with E-state index in [0.717, 1.165) is 17.0 Å². The van der Waals surface area contributed by atoms with Gasteiger partial charge in [0.15, 0.2) is 0 Å². The van der Waals surface area contributed by atoms with Crippen molar-refractivity contribution in [3.05, 3.63) is 176 Å². The molecule has 0 fully saturated rings. The van der Waals surface area contributed by atoms with E-state index in [1.165, 1.54) is 42.0 Å². The van der Waals surface area contributed by atoms with Gasteiger partial charge in [0.1, 0.15) is 0 Å². The summed E-state index contributed by atoms with van der Waals surface area (Å²) in [5.41, 5.74) is 5.43. The predicted octanol–water partition coefficient (Wildman–Crippen LogP) is 11.5. The minimum absolute atomic E-state index is 0.871. The Morgan fingerprint density at radius 3 is 2.11 bits per heavy atom. The van der Waals surface area contributed by atoms with Gasteiger partial charge in [-0.1, -0.05) is 103 Å². The Labute approximate surface area is 267 Å². The van der Waals surface area contributed by atoms with Gasteiger partial charge in [-0.3, -0.25) is 9.98 Å². The van der Waals surface area contributed by atoms with Crippen LogP contribution in [0.4, 0.5) is 0 Å². The monoisotopic (exact) mass is 599 g/mol. The van der Waals surface area contributed by atoms with E-state index in [1.807, 2.05) is 97.4 Å². The Morgan fingerprint density at radius 2 is 1.31 bits per heavy atom. The van der Waals surface area contributed by atoms with Crippen LogP contribution in [0.15, 0.2) is 180 Å². The number of allylic oxidation sites excluding steroid dienone is 12. The molecule has 0 spiro atoms. The van der Waals surface area contributed by atoms with Crippen molar-refractivity contribution in [3.8, 4) is 5.69 Å². The molecule has 0 unspecified atom stereocenters. The number of hydrogen-bond donors (Lipinski definition) is 0. The molecule has 0 atom stereocenters. The number of para-hydroxylation sites is 1. The van der Waals surface area contributed by atoms with E-state index in [9.17, 15) is 0 Å². The molecule has 2 heterocycles. The molecule has 0 aliphatic rings. The van der Waals surface area contributed by atoms with E-state index in [2.05, 4.69) is 101 Å². The molecule has 3 nitrogen and oxygen atoms in total. The lowest BCUT2D eigenvalue weighted by Crippen LogP contribution is -1.98. The van der Waals surface area contributed by atoms with Crippen LogP contribution >= 0.6 is 11.3 Å². The number of rotatable bonds is 10. The van der Waals surface area contributed by atoms with Gasteiger partial charge < -0.3 is 4.57 Å². The van der Waals surface area contributed by atoms with E-state index in [-0.39, 0.29) is 0 Å². The van der Waals surface area contributed by atoms with Crippen LogP contribution in [0, 0.1) is 0 Å². The zero-order valence-electron chi connectivity index (χ0n) is 25.1. The molecule has 0 N–H and O–H groups in total. The molecule has 0 amide bonds. The van der Waals surface area contributed by atoms with E-state index < -0.39 is 0 Å². The number of aromatic nitrogens is 1. The third-order valence-corrected chi connectivity index (χ3v) is 8.55. The van der Waals surface area contributed by atoms with Crippen molar-refractivity contribution in [2.45, 2.75) is 6.92 Å². The van der Waals surface area contributed by atoms with Gasteiger partial charge in [0.05, 0.1) is 16.7 Å². The van der Waals surface area contributed by atoms with Crippen LogP contribution in [0.1, 0.15) is 12.5 Å². The molecule has 0 bridgehead atoms. The molecule has 6 aromatic rings. The van der Waals surface area contributed by atoms with Crippen molar-refractivity contribution in [2.24, 2.45) is 9.98 Å². The molecule has 6 rings (SSSR count). The summed E-state index contributed by atoms with van der Waals surface area (Å²) in [6, 6.07) is 30.8. The van der Waals surface area contributed by atoms with Crippen molar-refractivity contribution < 1.29 is 0 Å². The van der Waals surface area contributed by atoms with Crippen LogP contribution in [0.3, 0.4) is 0 Å². The van der Waals surface area contributed by atoms with E-state index in [0.29, 0.717) is 0 Å². The van der Waals surface area contributed by atoms with Gasteiger partial charge in [-0.15, -0.1) is 11.3 Å². The second-order valence-corrected chi connectivity index (χ2v) is 11.4. The predicted molar refractivity (Wildman–Crippen MR) is 199 cm³/mol. The molecular formula is C41H33N3S. The SMILES string of the molecule is C=N\C=C/C=C\C=C\C=C\C(=N\C=C/C=C\C=C\C)c1ccc(-n2c3ccccc3c3cc4c(cc32)sc2ccccc24)cc1. The molecule has 2 aromatic heterocycles. The summed E-state index contributed by atoms with van der Waals surface area (Å²) < 4.78 is 5.00. The summed E-state index contributed by atoms with van der Waals surface area (Å²) >= 11 is 1.85. The van der Waals surface area contributed by atoms with Crippen molar-refractivity contribution in [1.82, 2.24) is 4.57 Å². The van der Waals surface area contributed by atoms with Crippen LogP contribution < -0.4 is 0 Å². The molecule has 0 saturated carbocycles. The maximum atomic E-state index is 4.78. The normalized spacial score (nSPS) is 13.5. The van der Waals surface area contributed by atoms with E-state index in [1.54, 1.807) is 6.20 Å². The van der Waals surface area contributed by atoms with Crippen LogP contribution in [0.25, 0.3) is 47.7 Å². The largest absolute Gasteiger partial charge is 0.309 e. The fraction of sp³-hybridized carbons (Fsp3) is 0.0244. The van der Waals surface area contributed by atoms with Crippen LogP contribution in [0.5, 0.6) is 0 Å². The fourth-order valence-corrected chi connectivity index (χ4v) is 6.51. The van der Waals surface area contributed by atoms with Gasteiger partial charge in [0.2, 0.25) is 0 Å². The first-order valence-electron chi connectivity index (χ1n) is 14.9. The molecule has 0 saturated heterocycles. The minimum Gasteiger partial charge on any atom is -0.309 e. The number of hydrogen-bond acceptors (Lipinski definition) is 3. The summed E-state index contributed by atoms with van der Waals surface area (Å²) in [6.45, 7) is 5.44. The Balaban J connectivity index is 1.38. The van der Waals surface area contributed by atoms with Crippen molar-refractivity contribution in [1.29, 1.82) is 0 Å². The lowest BCUT2D eigenvalue weighted by molar-refractivity contribution is 1.18. The van der Waals surface area contributed by atoms with Gasteiger partial charge in [-0.2, -0.15) is 0 Å². The van der Waals surface area contributed by atoms with Gasteiger partial charge >= 0.3 is 0 Å². The fourth-order valence-electron chi connectivity index (χ4n) is 5.39. The quantitative estimate of drug-likeness (QED) is 0.111. The van der Waals surface area contributed by atoms with Gasteiger partial charge in [0.25, 0.3) is 0 Å². The maximum Gasteiger partial charge on any atom is 0.0701 e. The Hall–Kier alpha value is -5.58. The van der Waals surface area contributed by atoms with Crippen LogP contribution in [-0.2, 0) is 0 Å². The van der Waals surface area contributed by atoms with E-state index >= 15 is 0 Å². The molecule has 0 radical (unpaired) electrons. The van der Waals surface area contributed by atoms with Crippen LogP contribution in [0.2, 0.25) is 0 Å². The summed E-state index contributed by atoms with van der Waals surface area (Å²) in [6.07, 6.45) is 27.0. The van der Waals surface area contributed by atoms with Gasteiger partial charge in [-0.05, 0) is 68.3 Å². The molecule has 0 aliphatic carbocycles. The Bertz CT molecular complexity index is 2230.